The Balaban J connectivity index is 2.08. The summed E-state index contributed by atoms with van der Waals surface area (Å²) >= 11 is 0. The van der Waals surface area contributed by atoms with Crippen molar-refractivity contribution >= 4 is 17.1 Å². The summed E-state index contributed by atoms with van der Waals surface area (Å²) in [6.45, 7) is 0.129. The van der Waals surface area contributed by atoms with Crippen molar-refractivity contribution in [3.63, 3.8) is 0 Å². The van der Waals surface area contributed by atoms with Crippen LogP contribution in [0.15, 0.2) is 16.9 Å². The molecule has 2 aromatic rings. The molecule has 0 amide bonds. The predicted octanol–water partition coefficient (Wildman–Crippen LogP) is -0.404. The summed E-state index contributed by atoms with van der Waals surface area (Å²) in [5.74, 6) is 0.230. The summed E-state index contributed by atoms with van der Waals surface area (Å²) in [7, 11) is 0. The number of nitrogens with two attached hydrogens (primary N) is 1. The van der Waals surface area contributed by atoms with Gasteiger partial charge in [-0.15, -0.1) is 5.10 Å². The van der Waals surface area contributed by atoms with Crippen LogP contribution >= 0.6 is 0 Å². The molecule has 4 N–H and O–H groups in total. The molecule has 2 atom stereocenters. The molecule has 0 fully saturated rings. The maximum absolute atomic E-state index is 11.7. The molecule has 19 heavy (non-hydrogen) atoms. The van der Waals surface area contributed by atoms with Gasteiger partial charge in [0.05, 0.1) is 6.04 Å². The minimum atomic E-state index is -0.396. The van der Waals surface area contributed by atoms with Gasteiger partial charge in [-0.1, -0.05) is 17.4 Å². The number of nitrogens with zero attached hydrogens (tertiary/aromatic N) is 4. The second kappa shape index (κ2) is 4.47. The molecule has 8 nitrogen and oxygen atoms in total. The Morgan fingerprint density at radius 3 is 3.21 bits per heavy atom. The lowest BCUT2D eigenvalue weighted by atomic mass is 9.92. The highest BCUT2D eigenvalue weighted by Crippen LogP contribution is 2.27. The van der Waals surface area contributed by atoms with Gasteiger partial charge in [-0.05, 0) is 18.8 Å². The smallest absolute Gasteiger partial charge is 0.282 e. The van der Waals surface area contributed by atoms with Gasteiger partial charge in [0.2, 0.25) is 5.95 Å². The van der Waals surface area contributed by atoms with Gasteiger partial charge in [-0.25, -0.2) is 4.68 Å². The molecule has 2 heterocycles. The molecule has 100 valence electrons. The fourth-order valence-electron chi connectivity index (χ4n) is 2.36. The average molecular weight is 262 g/mol. The number of nitrogens with one attached hydrogen (secondary N) is 1. The van der Waals surface area contributed by atoms with Gasteiger partial charge in [0.1, 0.15) is 0 Å². The van der Waals surface area contributed by atoms with E-state index in [0.29, 0.717) is 5.65 Å². The number of H-pyrrole nitrogens is 1. The van der Waals surface area contributed by atoms with Crippen LogP contribution in [0.25, 0.3) is 11.2 Å². The van der Waals surface area contributed by atoms with Crippen LogP contribution < -0.4 is 11.3 Å². The number of allylic oxidation sites excluding steroid dienone is 2. The summed E-state index contributed by atoms with van der Waals surface area (Å²) < 4.78 is 1.58. The second-order valence-electron chi connectivity index (χ2n) is 4.67. The molecule has 1 aliphatic rings. The molecular weight excluding hydrogens is 248 g/mol. The van der Waals surface area contributed by atoms with Gasteiger partial charge < -0.3 is 10.8 Å². The zero-order chi connectivity index (χ0) is 13.4. The van der Waals surface area contributed by atoms with E-state index in [9.17, 15) is 9.90 Å². The van der Waals surface area contributed by atoms with Gasteiger partial charge in [-0.3, -0.25) is 9.78 Å². The lowest BCUT2D eigenvalue weighted by Crippen LogP contribution is -2.20. The zero-order valence-corrected chi connectivity index (χ0v) is 10.2. The Labute approximate surface area is 108 Å². The van der Waals surface area contributed by atoms with Gasteiger partial charge in [0.15, 0.2) is 11.2 Å². The fourth-order valence-corrected chi connectivity index (χ4v) is 2.36. The standard InChI is InChI=1S/C11H14N6O2/c12-11-13-9-8(10(19)14-11)15-16-17(9)7-3-1-2-6(4-7)5-18/h1,3,6-7,18H,2,4-5H2,(H3,12,13,14,19)/t6-,7-/m1/s1. The van der Waals surface area contributed by atoms with Crippen LogP contribution in [0.4, 0.5) is 5.95 Å². The summed E-state index contributed by atoms with van der Waals surface area (Å²) in [4.78, 5) is 18.1. The number of aromatic nitrogens is 5. The van der Waals surface area contributed by atoms with Crippen molar-refractivity contribution < 1.29 is 5.11 Å². The summed E-state index contributed by atoms with van der Waals surface area (Å²) in [5, 5.41) is 17.1. The van der Waals surface area contributed by atoms with Crippen LogP contribution in [-0.4, -0.2) is 36.7 Å². The fraction of sp³-hybridized carbons (Fsp3) is 0.455. The number of hydrogen-bond acceptors (Lipinski definition) is 6. The first-order valence-electron chi connectivity index (χ1n) is 6.07. The van der Waals surface area contributed by atoms with E-state index in [4.69, 9.17) is 5.73 Å². The quantitative estimate of drug-likeness (QED) is 0.633. The van der Waals surface area contributed by atoms with E-state index in [1.165, 1.54) is 0 Å². The first kappa shape index (κ1) is 11.8. The minimum Gasteiger partial charge on any atom is -0.396 e. The van der Waals surface area contributed by atoms with Gasteiger partial charge in [0, 0.05) is 6.61 Å². The minimum absolute atomic E-state index is 0.0412. The van der Waals surface area contributed by atoms with Crippen molar-refractivity contribution in [1.29, 1.82) is 0 Å². The van der Waals surface area contributed by atoms with Crippen molar-refractivity contribution in [2.24, 2.45) is 5.92 Å². The molecule has 0 aliphatic heterocycles. The molecule has 0 radical (unpaired) electrons. The van der Waals surface area contributed by atoms with Crippen LogP contribution in [-0.2, 0) is 0 Å². The second-order valence-corrected chi connectivity index (χ2v) is 4.67. The summed E-state index contributed by atoms with van der Waals surface area (Å²) in [6, 6.07) is -0.0652. The SMILES string of the molecule is Nc1nc2c(nnn2[C@@H]2C=CC[C@@H](CO)C2)c(=O)[nH]1. The average Bonchev–Trinajstić information content (AvgIpc) is 2.82. The van der Waals surface area contributed by atoms with Crippen molar-refractivity contribution in [3.8, 4) is 0 Å². The highest BCUT2D eigenvalue weighted by Gasteiger charge is 2.22. The Kier molecular flexibility index (Phi) is 2.79. The monoisotopic (exact) mass is 262 g/mol. The van der Waals surface area contributed by atoms with E-state index in [1.54, 1.807) is 4.68 Å². The van der Waals surface area contributed by atoms with E-state index in [-0.39, 0.29) is 30.0 Å². The van der Waals surface area contributed by atoms with Gasteiger partial charge in [-0.2, -0.15) is 4.98 Å². The Morgan fingerprint density at radius 2 is 2.42 bits per heavy atom. The van der Waals surface area contributed by atoms with Crippen LogP contribution in [0.2, 0.25) is 0 Å². The normalized spacial score (nSPS) is 23.0. The number of aliphatic hydroxyl groups is 1. The van der Waals surface area contributed by atoms with Crippen molar-refractivity contribution in [3.05, 3.63) is 22.5 Å². The van der Waals surface area contributed by atoms with Crippen molar-refractivity contribution in [1.82, 2.24) is 25.0 Å². The van der Waals surface area contributed by atoms with Crippen LogP contribution in [0.5, 0.6) is 0 Å². The number of hydrogen-bond donors (Lipinski definition) is 3. The molecule has 8 heteroatoms. The molecule has 0 aromatic carbocycles. The highest BCUT2D eigenvalue weighted by atomic mass is 16.3. The first-order chi connectivity index (χ1) is 9.19. The summed E-state index contributed by atoms with van der Waals surface area (Å²) in [5.41, 5.74) is 5.69. The van der Waals surface area contributed by atoms with Gasteiger partial charge in [0.25, 0.3) is 5.56 Å². The number of anilines is 1. The maximum Gasteiger partial charge on any atom is 0.282 e. The molecule has 0 unspecified atom stereocenters. The third-order valence-electron chi connectivity index (χ3n) is 3.33. The van der Waals surface area contributed by atoms with Gasteiger partial charge >= 0.3 is 0 Å². The largest absolute Gasteiger partial charge is 0.396 e. The molecular formula is C11H14N6O2. The Hall–Kier alpha value is -2.22. The lowest BCUT2D eigenvalue weighted by Gasteiger charge is -2.23. The number of aromatic amines is 1. The molecule has 3 rings (SSSR count). The van der Waals surface area contributed by atoms with Crippen molar-refractivity contribution in [2.45, 2.75) is 18.9 Å². The third-order valence-corrected chi connectivity index (χ3v) is 3.33. The molecule has 0 saturated carbocycles. The van der Waals surface area contributed by atoms with E-state index in [1.807, 2.05) is 12.2 Å². The first-order valence-corrected chi connectivity index (χ1v) is 6.07. The van der Waals surface area contributed by atoms with E-state index in [0.717, 1.165) is 12.8 Å². The number of nitrogen functional groups attached to an aromatic ring is 1. The van der Waals surface area contributed by atoms with Crippen LogP contribution in [0.1, 0.15) is 18.9 Å². The van der Waals surface area contributed by atoms with Crippen molar-refractivity contribution in [2.75, 3.05) is 12.3 Å². The number of aliphatic hydroxyl groups excluding tert-OH is 1. The molecule has 0 spiro atoms. The number of rotatable bonds is 2. The third kappa shape index (κ3) is 1.99. The maximum atomic E-state index is 11.7. The molecule has 1 aliphatic carbocycles. The van der Waals surface area contributed by atoms with E-state index in [2.05, 4.69) is 20.3 Å². The molecule has 0 bridgehead atoms. The van der Waals surface area contributed by atoms with Crippen LogP contribution in [0, 0.1) is 5.92 Å². The summed E-state index contributed by atoms with van der Waals surface area (Å²) in [6.07, 6.45) is 5.56. The highest BCUT2D eigenvalue weighted by molar-refractivity contribution is 5.69. The zero-order valence-electron chi connectivity index (χ0n) is 10.2. The molecule has 0 saturated heterocycles. The predicted molar refractivity (Wildman–Crippen MR) is 68.3 cm³/mol. The van der Waals surface area contributed by atoms with E-state index >= 15 is 0 Å². The molecule has 2 aromatic heterocycles. The van der Waals surface area contributed by atoms with E-state index < -0.39 is 5.56 Å². The van der Waals surface area contributed by atoms with Crippen LogP contribution in [0.3, 0.4) is 0 Å². The lowest BCUT2D eigenvalue weighted by molar-refractivity contribution is 0.202. The number of fused-ring (bicyclic) bond motifs is 1. The Morgan fingerprint density at radius 1 is 1.58 bits per heavy atom. The topological polar surface area (TPSA) is 123 Å². The Bertz CT molecular complexity index is 688.